The van der Waals surface area contributed by atoms with E-state index in [0.29, 0.717) is 11.8 Å². The van der Waals surface area contributed by atoms with Crippen molar-refractivity contribution in [2.45, 2.75) is 26.2 Å². The van der Waals surface area contributed by atoms with Gasteiger partial charge in [0.05, 0.1) is 0 Å². The van der Waals surface area contributed by atoms with Crippen LogP contribution in [0.1, 0.15) is 25.3 Å². The molecule has 1 aromatic rings. The topological polar surface area (TPSA) is 0 Å². The molecule has 1 rings (SSSR count). The second kappa shape index (κ2) is 6.46. The Hall–Kier alpha value is -0.270. The van der Waals surface area contributed by atoms with Gasteiger partial charge in [0, 0.05) is 17.2 Å². The van der Waals surface area contributed by atoms with Crippen LogP contribution in [-0.2, 0) is 6.42 Å². The van der Waals surface area contributed by atoms with Crippen molar-refractivity contribution in [3.8, 4) is 0 Å². The molecule has 0 radical (unpaired) electrons. The van der Waals surface area contributed by atoms with E-state index in [1.165, 1.54) is 6.07 Å². The molecule has 0 aromatic heterocycles. The van der Waals surface area contributed by atoms with E-state index in [2.05, 4.69) is 6.92 Å². The lowest BCUT2D eigenvalue weighted by atomic mass is 9.81. The summed E-state index contributed by atoms with van der Waals surface area (Å²) in [5.74, 6) is 0.828. The van der Waals surface area contributed by atoms with E-state index in [1.807, 2.05) is 6.07 Å². The number of hydrogen-bond acceptors (Lipinski definition) is 0. The Morgan fingerprint density at radius 1 is 1.25 bits per heavy atom. The Morgan fingerprint density at radius 3 is 2.44 bits per heavy atom. The van der Waals surface area contributed by atoms with Crippen LogP contribution in [0.15, 0.2) is 24.3 Å². The van der Waals surface area contributed by atoms with Crippen LogP contribution in [-0.4, -0.2) is 11.8 Å². The molecule has 0 atom stereocenters. The number of benzene rings is 1. The second-order valence-electron chi connectivity index (χ2n) is 4.32. The van der Waals surface area contributed by atoms with E-state index >= 15 is 0 Å². The van der Waals surface area contributed by atoms with Crippen LogP contribution in [0.4, 0.5) is 4.39 Å². The van der Waals surface area contributed by atoms with Crippen LogP contribution in [0.25, 0.3) is 0 Å². The SMILES string of the molecule is CCCC(CCl)(CCl)Cc1cccc(F)c1. The number of halogens is 3. The molecule has 0 aliphatic rings. The fourth-order valence-electron chi connectivity index (χ4n) is 1.96. The molecule has 0 amide bonds. The van der Waals surface area contributed by atoms with Crippen LogP contribution >= 0.6 is 23.2 Å². The van der Waals surface area contributed by atoms with Gasteiger partial charge in [-0.05, 0) is 30.5 Å². The number of alkyl halides is 2. The fourth-order valence-corrected chi connectivity index (χ4v) is 2.70. The summed E-state index contributed by atoms with van der Waals surface area (Å²) in [5, 5.41) is 0. The van der Waals surface area contributed by atoms with Gasteiger partial charge in [0.25, 0.3) is 0 Å². The average molecular weight is 263 g/mol. The van der Waals surface area contributed by atoms with Crippen molar-refractivity contribution in [2.24, 2.45) is 5.41 Å². The lowest BCUT2D eigenvalue weighted by Crippen LogP contribution is -2.28. The van der Waals surface area contributed by atoms with Gasteiger partial charge in [-0.15, -0.1) is 23.2 Å². The first-order valence-corrected chi connectivity index (χ1v) is 6.59. The third kappa shape index (κ3) is 3.64. The maximum Gasteiger partial charge on any atom is 0.123 e. The first kappa shape index (κ1) is 13.8. The largest absolute Gasteiger partial charge is 0.207 e. The lowest BCUT2D eigenvalue weighted by Gasteiger charge is -2.29. The molecule has 90 valence electrons. The summed E-state index contributed by atoms with van der Waals surface area (Å²) in [6.07, 6.45) is 2.75. The quantitative estimate of drug-likeness (QED) is 0.656. The Morgan fingerprint density at radius 2 is 1.94 bits per heavy atom. The highest BCUT2D eigenvalue weighted by molar-refractivity contribution is 6.21. The molecule has 0 aliphatic carbocycles. The van der Waals surface area contributed by atoms with E-state index in [1.54, 1.807) is 12.1 Å². The highest BCUT2D eigenvalue weighted by Gasteiger charge is 2.27. The van der Waals surface area contributed by atoms with Gasteiger partial charge in [-0.25, -0.2) is 4.39 Å². The van der Waals surface area contributed by atoms with E-state index in [4.69, 9.17) is 23.2 Å². The average Bonchev–Trinajstić information content (AvgIpc) is 2.28. The predicted octanol–water partition coefficient (Wildman–Crippen LogP) is 4.63. The summed E-state index contributed by atoms with van der Waals surface area (Å²) in [7, 11) is 0. The van der Waals surface area contributed by atoms with Gasteiger partial charge in [0.1, 0.15) is 5.82 Å². The second-order valence-corrected chi connectivity index (χ2v) is 4.86. The van der Waals surface area contributed by atoms with Gasteiger partial charge in [0.15, 0.2) is 0 Å². The standard InChI is InChI=1S/C13H17Cl2F/c1-2-6-13(9-14,10-15)8-11-4-3-5-12(16)7-11/h3-5,7H,2,6,8-10H2,1H3. The third-order valence-corrected chi connectivity index (χ3v) is 3.95. The maximum atomic E-state index is 13.1. The smallest absolute Gasteiger partial charge is 0.123 e. The van der Waals surface area contributed by atoms with Crippen molar-refractivity contribution in [2.75, 3.05) is 11.8 Å². The zero-order valence-corrected chi connectivity index (χ0v) is 11.0. The van der Waals surface area contributed by atoms with Crippen molar-refractivity contribution in [1.82, 2.24) is 0 Å². The Bertz CT molecular complexity index is 321. The summed E-state index contributed by atoms with van der Waals surface area (Å²) < 4.78 is 13.1. The maximum absolute atomic E-state index is 13.1. The van der Waals surface area contributed by atoms with Crippen molar-refractivity contribution < 1.29 is 4.39 Å². The molecule has 0 spiro atoms. The van der Waals surface area contributed by atoms with Gasteiger partial charge >= 0.3 is 0 Å². The van der Waals surface area contributed by atoms with Crippen molar-refractivity contribution >= 4 is 23.2 Å². The molecule has 3 heteroatoms. The Labute approximate surface area is 107 Å². The molecule has 0 fully saturated rings. The Kier molecular flexibility index (Phi) is 5.57. The molecule has 16 heavy (non-hydrogen) atoms. The fraction of sp³-hybridized carbons (Fsp3) is 0.538. The van der Waals surface area contributed by atoms with E-state index in [9.17, 15) is 4.39 Å². The monoisotopic (exact) mass is 262 g/mol. The van der Waals surface area contributed by atoms with Crippen LogP contribution in [0.3, 0.4) is 0 Å². The zero-order chi connectivity index (χ0) is 12.0. The summed E-state index contributed by atoms with van der Waals surface area (Å²) in [6.45, 7) is 2.11. The minimum absolute atomic E-state index is 0.106. The molecular weight excluding hydrogens is 246 g/mol. The van der Waals surface area contributed by atoms with Gasteiger partial charge in [0.2, 0.25) is 0 Å². The number of rotatable bonds is 6. The molecule has 0 N–H and O–H groups in total. The highest BCUT2D eigenvalue weighted by atomic mass is 35.5. The zero-order valence-electron chi connectivity index (χ0n) is 9.48. The first-order chi connectivity index (χ1) is 7.65. The first-order valence-electron chi connectivity index (χ1n) is 5.52. The van der Waals surface area contributed by atoms with E-state index < -0.39 is 0 Å². The summed E-state index contributed by atoms with van der Waals surface area (Å²) in [6, 6.07) is 6.66. The van der Waals surface area contributed by atoms with Crippen LogP contribution in [0, 0.1) is 11.2 Å². The molecule has 0 aliphatic heterocycles. The van der Waals surface area contributed by atoms with Crippen LogP contribution < -0.4 is 0 Å². The van der Waals surface area contributed by atoms with Gasteiger partial charge in [-0.1, -0.05) is 25.5 Å². The van der Waals surface area contributed by atoms with E-state index in [-0.39, 0.29) is 11.2 Å². The molecule has 0 heterocycles. The molecule has 0 saturated heterocycles. The highest BCUT2D eigenvalue weighted by Crippen LogP contribution is 2.32. The minimum atomic E-state index is -0.202. The van der Waals surface area contributed by atoms with Gasteiger partial charge in [-0.3, -0.25) is 0 Å². The van der Waals surface area contributed by atoms with Crippen molar-refractivity contribution in [3.63, 3.8) is 0 Å². The molecule has 0 bridgehead atoms. The summed E-state index contributed by atoms with van der Waals surface area (Å²) in [4.78, 5) is 0. The third-order valence-electron chi connectivity index (χ3n) is 2.82. The normalized spacial score (nSPS) is 11.8. The summed E-state index contributed by atoms with van der Waals surface area (Å²) >= 11 is 12.0. The minimum Gasteiger partial charge on any atom is -0.207 e. The molecular formula is C13H17Cl2F. The summed E-state index contributed by atoms with van der Waals surface area (Å²) in [5.41, 5.74) is 0.862. The molecule has 0 saturated carbocycles. The van der Waals surface area contributed by atoms with Gasteiger partial charge in [-0.2, -0.15) is 0 Å². The van der Waals surface area contributed by atoms with E-state index in [0.717, 1.165) is 24.8 Å². The van der Waals surface area contributed by atoms with Crippen LogP contribution in [0.2, 0.25) is 0 Å². The lowest BCUT2D eigenvalue weighted by molar-refractivity contribution is 0.340. The predicted molar refractivity (Wildman–Crippen MR) is 68.9 cm³/mol. The molecule has 0 nitrogen and oxygen atoms in total. The van der Waals surface area contributed by atoms with Gasteiger partial charge < -0.3 is 0 Å². The molecule has 0 unspecified atom stereocenters. The van der Waals surface area contributed by atoms with Crippen molar-refractivity contribution in [3.05, 3.63) is 35.6 Å². The van der Waals surface area contributed by atoms with Crippen molar-refractivity contribution in [1.29, 1.82) is 0 Å². The number of hydrogen-bond donors (Lipinski definition) is 0. The van der Waals surface area contributed by atoms with Crippen LogP contribution in [0.5, 0.6) is 0 Å². The molecule has 1 aromatic carbocycles. The Balaban J connectivity index is 2.82.